The molecule has 1 fully saturated rings. The molecule has 0 spiro atoms. The highest BCUT2D eigenvalue weighted by atomic mass is 16.8. The Morgan fingerprint density at radius 1 is 1.17 bits per heavy atom. The molecule has 190 valence electrons. The van der Waals surface area contributed by atoms with E-state index in [1.807, 2.05) is 32.2 Å². The molecule has 0 saturated carbocycles. The largest absolute Gasteiger partial charge is 0.497 e. The van der Waals surface area contributed by atoms with Gasteiger partial charge in [-0.25, -0.2) is 9.48 Å². The third kappa shape index (κ3) is 6.01. The van der Waals surface area contributed by atoms with E-state index in [9.17, 15) is 9.90 Å². The monoisotopic (exact) mass is 487 g/mol. The van der Waals surface area contributed by atoms with Gasteiger partial charge in [0, 0.05) is 32.5 Å². The van der Waals surface area contributed by atoms with Crippen LogP contribution in [0.25, 0.3) is 6.08 Å². The lowest BCUT2D eigenvalue weighted by molar-refractivity contribution is -0.147. The van der Waals surface area contributed by atoms with Gasteiger partial charge in [0.15, 0.2) is 5.79 Å². The summed E-state index contributed by atoms with van der Waals surface area (Å²) in [5.74, 6) is -1.25. The first-order valence-corrected chi connectivity index (χ1v) is 11.7. The van der Waals surface area contributed by atoms with Crippen molar-refractivity contribution in [1.82, 2.24) is 15.0 Å². The number of carbonyl (C=O) groups is 1. The number of rotatable bonds is 8. The van der Waals surface area contributed by atoms with Gasteiger partial charge in [0.1, 0.15) is 23.2 Å². The van der Waals surface area contributed by atoms with E-state index in [4.69, 9.17) is 23.7 Å². The number of hydrogen-bond acceptors (Lipinski definition) is 9. The minimum Gasteiger partial charge on any atom is -0.497 e. The van der Waals surface area contributed by atoms with Gasteiger partial charge in [-0.1, -0.05) is 17.4 Å². The predicted molar refractivity (Wildman–Crippen MR) is 126 cm³/mol. The lowest BCUT2D eigenvalue weighted by Crippen LogP contribution is -2.39. The summed E-state index contributed by atoms with van der Waals surface area (Å²) in [7, 11) is 1.56. The van der Waals surface area contributed by atoms with Gasteiger partial charge in [-0.15, -0.1) is 5.10 Å². The summed E-state index contributed by atoms with van der Waals surface area (Å²) in [5.41, 5.74) is 1.71. The molecule has 0 aliphatic carbocycles. The molecule has 1 saturated heterocycles. The number of ether oxygens (including phenoxy) is 5. The number of carbonyl (C=O) groups excluding carboxylic acids is 1. The van der Waals surface area contributed by atoms with E-state index in [-0.39, 0.29) is 12.2 Å². The number of aliphatic hydroxyl groups excluding tert-OH is 1. The van der Waals surface area contributed by atoms with Crippen molar-refractivity contribution in [2.24, 2.45) is 0 Å². The standard InChI is InChI=1S/C25H33N3O7/c1-15(29)10-17-13-28(27-26-17)14-21-19(32-24(2,3)34-21)9-7-8-16-11-18(31-6)12-20-22(16)23(30)35-25(4,5)33-20/h7-8,11-13,15,19,21,29H,9-10,14H2,1-6H3/b8-7+/t15-,19+,21-/m1/s1. The molecule has 2 aliphatic rings. The Hall–Kier alpha value is -2.95. The Bertz CT molecular complexity index is 1110. The summed E-state index contributed by atoms with van der Waals surface area (Å²) >= 11 is 0. The summed E-state index contributed by atoms with van der Waals surface area (Å²) in [5, 5.41) is 17.8. The van der Waals surface area contributed by atoms with Gasteiger partial charge in [0.2, 0.25) is 5.79 Å². The highest BCUT2D eigenvalue weighted by Gasteiger charge is 2.41. The highest BCUT2D eigenvalue weighted by molar-refractivity contribution is 5.98. The van der Waals surface area contributed by atoms with Gasteiger partial charge in [-0.2, -0.15) is 0 Å². The zero-order valence-corrected chi connectivity index (χ0v) is 21.0. The van der Waals surface area contributed by atoms with Crippen LogP contribution in [0.5, 0.6) is 11.5 Å². The molecule has 1 aromatic carbocycles. The van der Waals surface area contributed by atoms with Gasteiger partial charge < -0.3 is 28.8 Å². The molecule has 0 amide bonds. The van der Waals surface area contributed by atoms with Gasteiger partial charge in [0.05, 0.1) is 31.6 Å². The number of cyclic esters (lactones) is 1. The Labute approximate surface area is 204 Å². The minimum absolute atomic E-state index is 0.241. The zero-order valence-electron chi connectivity index (χ0n) is 21.0. The van der Waals surface area contributed by atoms with Crippen LogP contribution in [-0.4, -0.2) is 63.1 Å². The lowest BCUT2D eigenvalue weighted by atomic mass is 10.0. The molecule has 1 aromatic heterocycles. The summed E-state index contributed by atoms with van der Waals surface area (Å²) < 4.78 is 30.6. The first kappa shape index (κ1) is 25.2. The third-order valence-electron chi connectivity index (χ3n) is 5.65. The summed E-state index contributed by atoms with van der Waals surface area (Å²) in [6, 6.07) is 3.45. The molecule has 10 nitrogen and oxygen atoms in total. The molecule has 0 radical (unpaired) electrons. The predicted octanol–water partition coefficient (Wildman–Crippen LogP) is 3.12. The van der Waals surface area contributed by atoms with Crippen molar-refractivity contribution in [1.29, 1.82) is 0 Å². The fourth-order valence-electron chi connectivity index (χ4n) is 4.32. The van der Waals surface area contributed by atoms with Crippen LogP contribution >= 0.6 is 0 Å². The van der Waals surface area contributed by atoms with E-state index in [0.29, 0.717) is 42.0 Å². The summed E-state index contributed by atoms with van der Waals surface area (Å²) in [6.45, 7) is 9.28. The van der Waals surface area contributed by atoms with Crippen LogP contribution in [0, 0.1) is 0 Å². The van der Waals surface area contributed by atoms with E-state index < -0.39 is 23.6 Å². The Morgan fingerprint density at radius 2 is 1.91 bits per heavy atom. The van der Waals surface area contributed by atoms with Gasteiger partial charge in [-0.05, 0) is 38.8 Å². The van der Waals surface area contributed by atoms with Crippen molar-refractivity contribution < 1.29 is 33.6 Å². The summed E-state index contributed by atoms with van der Waals surface area (Å²) in [6.07, 6.45) is 5.57. The maximum absolute atomic E-state index is 12.7. The molecule has 1 N–H and O–H groups in total. The van der Waals surface area contributed by atoms with E-state index in [0.717, 1.165) is 5.69 Å². The number of nitrogens with zero attached hydrogens (tertiary/aromatic N) is 3. The Balaban J connectivity index is 1.51. The smallest absolute Gasteiger partial charge is 0.345 e. The molecule has 2 aromatic rings. The molecule has 0 unspecified atom stereocenters. The highest BCUT2D eigenvalue weighted by Crippen LogP contribution is 2.38. The number of benzene rings is 1. The fourth-order valence-corrected chi connectivity index (χ4v) is 4.32. The average molecular weight is 488 g/mol. The lowest BCUT2D eigenvalue weighted by Gasteiger charge is -2.32. The van der Waals surface area contributed by atoms with Crippen molar-refractivity contribution in [2.45, 2.75) is 83.9 Å². The Kier molecular flexibility index (Phi) is 6.90. The van der Waals surface area contributed by atoms with E-state index in [1.54, 1.807) is 44.7 Å². The molecule has 3 heterocycles. The van der Waals surface area contributed by atoms with E-state index >= 15 is 0 Å². The van der Waals surface area contributed by atoms with Gasteiger partial charge in [0.25, 0.3) is 0 Å². The second-order valence-corrected chi connectivity index (χ2v) is 9.82. The first-order chi connectivity index (χ1) is 16.4. The number of aliphatic hydroxyl groups is 1. The minimum atomic E-state index is -1.05. The van der Waals surface area contributed by atoms with Crippen molar-refractivity contribution in [2.75, 3.05) is 7.11 Å². The van der Waals surface area contributed by atoms with Crippen molar-refractivity contribution in [3.8, 4) is 11.5 Å². The van der Waals surface area contributed by atoms with E-state index in [1.165, 1.54) is 0 Å². The van der Waals surface area contributed by atoms with Crippen LogP contribution in [0.4, 0.5) is 0 Å². The second kappa shape index (κ2) is 9.60. The van der Waals surface area contributed by atoms with Crippen molar-refractivity contribution in [3.63, 3.8) is 0 Å². The molecule has 0 bridgehead atoms. The topological polar surface area (TPSA) is 114 Å². The number of hydrogen-bond donors (Lipinski definition) is 1. The molecule has 35 heavy (non-hydrogen) atoms. The molecule has 4 rings (SSSR count). The van der Waals surface area contributed by atoms with Crippen LogP contribution in [0.3, 0.4) is 0 Å². The normalized spacial score (nSPS) is 23.6. The molecular formula is C25H33N3O7. The van der Waals surface area contributed by atoms with Crippen molar-refractivity contribution in [3.05, 3.63) is 41.2 Å². The number of esters is 1. The van der Waals surface area contributed by atoms with Gasteiger partial charge >= 0.3 is 5.97 Å². The number of fused-ring (bicyclic) bond motifs is 1. The quantitative estimate of drug-likeness (QED) is 0.561. The molecular weight excluding hydrogens is 454 g/mol. The van der Waals surface area contributed by atoms with Crippen LogP contribution in [-0.2, 0) is 27.2 Å². The maximum atomic E-state index is 12.7. The average Bonchev–Trinajstić information content (AvgIpc) is 3.28. The third-order valence-corrected chi connectivity index (χ3v) is 5.65. The SMILES string of the molecule is COc1cc(/C=C/C[C@@H]2OC(C)(C)O[C@@H]2Cn2cc(C[C@@H](C)O)nn2)c2c(c1)OC(C)(C)OC2=O. The number of aromatic nitrogens is 3. The zero-order chi connectivity index (χ0) is 25.4. The molecule has 3 atom stereocenters. The summed E-state index contributed by atoms with van der Waals surface area (Å²) in [4.78, 5) is 12.7. The van der Waals surface area contributed by atoms with Crippen LogP contribution in [0.15, 0.2) is 24.4 Å². The maximum Gasteiger partial charge on any atom is 0.345 e. The van der Waals surface area contributed by atoms with Gasteiger partial charge in [-0.3, -0.25) is 0 Å². The van der Waals surface area contributed by atoms with Crippen LogP contribution in [0.1, 0.15) is 62.7 Å². The molecule has 10 heteroatoms. The first-order valence-electron chi connectivity index (χ1n) is 11.7. The van der Waals surface area contributed by atoms with Crippen LogP contribution < -0.4 is 9.47 Å². The fraction of sp³-hybridized carbons (Fsp3) is 0.560. The van der Waals surface area contributed by atoms with Crippen molar-refractivity contribution >= 4 is 12.0 Å². The van der Waals surface area contributed by atoms with E-state index in [2.05, 4.69) is 10.3 Å². The second-order valence-electron chi connectivity index (χ2n) is 9.82. The van der Waals surface area contributed by atoms with Crippen LogP contribution in [0.2, 0.25) is 0 Å². The molecule has 2 aliphatic heterocycles. The number of methoxy groups -OCH3 is 1. The Morgan fingerprint density at radius 3 is 2.63 bits per heavy atom.